The minimum absolute atomic E-state index is 0.314. The third kappa shape index (κ3) is 14.5. The first kappa shape index (κ1) is 25.4. The van der Waals surface area contributed by atoms with Gasteiger partial charge in [0, 0.05) is 0 Å². The van der Waals surface area contributed by atoms with Crippen LogP contribution in [0.1, 0.15) is 123 Å². The number of carbonyl (C=O) groups excluding carboxylic acids is 1. The largest absolute Gasteiger partial charge is 0.624 e. The zero-order valence-electron chi connectivity index (χ0n) is 17.8. The van der Waals surface area contributed by atoms with E-state index in [-0.39, 0.29) is 0 Å². The van der Waals surface area contributed by atoms with Gasteiger partial charge in [-0.25, -0.2) is 4.79 Å². The predicted octanol–water partition coefficient (Wildman–Crippen LogP) is 7.05. The van der Waals surface area contributed by atoms with Crippen LogP contribution in [0.25, 0.3) is 0 Å². The lowest BCUT2D eigenvalue weighted by atomic mass is 10.0. The molecular formula is C22H46N2O2. The lowest BCUT2D eigenvalue weighted by molar-refractivity contribution is -0.798. The van der Waals surface area contributed by atoms with Crippen LogP contribution in [0, 0.1) is 5.21 Å². The Kier molecular flexibility index (Phi) is 17.4. The average Bonchev–Trinajstić information content (AvgIpc) is 2.61. The Balaban J connectivity index is 3.30. The van der Waals surface area contributed by atoms with Crippen LogP contribution >= 0.6 is 0 Å². The fraction of sp³-hybridized carbons (Fsp3) is 0.955. The number of quaternary nitrogens is 1. The molecule has 156 valence electrons. The van der Waals surface area contributed by atoms with Crippen LogP contribution in [0.4, 0.5) is 4.79 Å². The van der Waals surface area contributed by atoms with Crippen molar-refractivity contribution in [2.24, 2.45) is 5.73 Å². The topological polar surface area (TPSA) is 66.2 Å². The molecule has 0 fully saturated rings. The van der Waals surface area contributed by atoms with E-state index in [4.69, 9.17) is 5.73 Å². The summed E-state index contributed by atoms with van der Waals surface area (Å²) in [6.07, 6.45) is 21.6. The summed E-state index contributed by atoms with van der Waals surface area (Å²) in [6.45, 7) is 4.85. The van der Waals surface area contributed by atoms with Gasteiger partial charge < -0.3 is 10.9 Å². The second-order valence-electron chi connectivity index (χ2n) is 7.98. The number of hydrogen-bond acceptors (Lipinski definition) is 2. The molecular weight excluding hydrogens is 324 g/mol. The second kappa shape index (κ2) is 17.8. The van der Waals surface area contributed by atoms with Crippen LogP contribution < -0.4 is 5.73 Å². The molecule has 1 unspecified atom stereocenters. The highest BCUT2D eigenvalue weighted by Gasteiger charge is 2.22. The fourth-order valence-electron chi connectivity index (χ4n) is 3.61. The Labute approximate surface area is 163 Å². The molecule has 0 aliphatic heterocycles. The Bertz CT molecular complexity index is 323. The smallest absolute Gasteiger partial charge is 0.413 e. The van der Waals surface area contributed by atoms with Crippen molar-refractivity contribution in [1.82, 2.24) is 0 Å². The molecule has 26 heavy (non-hydrogen) atoms. The Morgan fingerprint density at radius 1 is 0.615 bits per heavy atom. The Hall–Kier alpha value is -0.610. The van der Waals surface area contributed by atoms with E-state index in [0.29, 0.717) is 19.5 Å². The molecule has 0 heterocycles. The summed E-state index contributed by atoms with van der Waals surface area (Å²) >= 11 is 0. The molecule has 0 aromatic carbocycles. The maximum Gasteiger partial charge on any atom is 0.413 e. The molecule has 2 N–H and O–H groups in total. The van der Waals surface area contributed by atoms with Crippen LogP contribution in [0.2, 0.25) is 0 Å². The van der Waals surface area contributed by atoms with Crippen molar-refractivity contribution in [3.05, 3.63) is 5.21 Å². The maximum atomic E-state index is 12.2. The first-order chi connectivity index (χ1) is 12.6. The molecule has 0 radical (unpaired) electrons. The van der Waals surface area contributed by atoms with Gasteiger partial charge in [0.25, 0.3) is 0 Å². The quantitative estimate of drug-likeness (QED) is 0.150. The summed E-state index contributed by atoms with van der Waals surface area (Å²) in [6, 6.07) is -0.729. The van der Waals surface area contributed by atoms with E-state index in [1.807, 2.05) is 6.92 Å². The van der Waals surface area contributed by atoms with Gasteiger partial charge in [-0.15, -0.1) is 0 Å². The number of urea groups is 1. The molecule has 0 aromatic rings. The van der Waals surface area contributed by atoms with Gasteiger partial charge in [0.05, 0.1) is 13.1 Å². The van der Waals surface area contributed by atoms with Crippen LogP contribution in [0.5, 0.6) is 0 Å². The van der Waals surface area contributed by atoms with Crippen molar-refractivity contribution >= 4 is 6.03 Å². The third-order valence-electron chi connectivity index (χ3n) is 5.36. The van der Waals surface area contributed by atoms with E-state index in [1.165, 1.54) is 89.9 Å². The number of primary amides is 1. The van der Waals surface area contributed by atoms with Crippen molar-refractivity contribution in [3.8, 4) is 0 Å². The minimum atomic E-state index is -0.838. The summed E-state index contributed by atoms with van der Waals surface area (Å²) < 4.78 is -0.838. The van der Waals surface area contributed by atoms with Gasteiger partial charge in [0.15, 0.2) is 0 Å². The number of carbonyl (C=O) groups is 1. The number of unbranched alkanes of at least 4 members (excludes halogenated alkanes) is 15. The zero-order valence-corrected chi connectivity index (χ0v) is 17.8. The predicted molar refractivity (Wildman–Crippen MR) is 113 cm³/mol. The van der Waals surface area contributed by atoms with E-state index >= 15 is 0 Å². The number of amides is 2. The van der Waals surface area contributed by atoms with Crippen LogP contribution in [0.3, 0.4) is 0 Å². The molecule has 0 aliphatic rings. The van der Waals surface area contributed by atoms with Gasteiger partial charge in [0.1, 0.15) is 0 Å². The Morgan fingerprint density at radius 2 is 0.962 bits per heavy atom. The lowest BCUT2D eigenvalue weighted by Crippen LogP contribution is -2.51. The van der Waals surface area contributed by atoms with E-state index in [1.54, 1.807) is 0 Å². The average molecular weight is 371 g/mol. The molecule has 4 heteroatoms. The molecule has 4 nitrogen and oxygen atoms in total. The van der Waals surface area contributed by atoms with Gasteiger partial charge in [-0.3, -0.25) is 4.65 Å². The molecule has 1 atom stereocenters. The van der Waals surface area contributed by atoms with Gasteiger partial charge >= 0.3 is 6.03 Å². The maximum absolute atomic E-state index is 12.2. The molecule has 0 saturated heterocycles. The highest BCUT2D eigenvalue weighted by Crippen LogP contribution is 2.15. The second-order valence-corrected chi connectivity index (χ2v) is 7.98. The van der Waals surface area contributed by atoms with E-state index in [0.717, 1.165) is 12.8 Å². The SMILES string of the molecule is CCCCCCCCCCCCCCCCCC[N+]([O-])(CCC)C(N)=O. The van der Waals surface area contributed by atoms with Crippen LogP contribution in [-0.2, 0) is 0 Å². The zero-order chi connectivity index (χ0) is 19.5. The van der Waals surface area contributed by atoms with E-state index < -0.39 is 10.7 Å². The van der Waals surface area contributed by atoms with E-state index in [9.17, 15) is 10.0 Å². The van der Waals surface area contributed by atoms with Crippen molar-refractivity contribution in [3.63, 3.8) is 0 Å². The monoisotopic (exact) mass is 370 g/mol. The summed E-state index contributed by atoms with van der Waals surface area (Å²) in [7, 11) is 0. The van der Waals surface area contributed by atoms with Crippen LogP contribution in [-0.4, -0.2) is 23.8 Å². The highest BCUT2D eigenvalue weighted by molar-refractivity contribution is 5.64. The first-order valence-corrected chi connectivity index (χ1v) is 11.4. The van der Waals surface area contributed by atoms with Gasteiger partial charge in [-0.2, -0.15) is 0 Å². The van der Waals surface area contributed by atoms with Crippen molar-refractivity contribution in [2.45, 2.75) is 123 Å². The van der Waals surface area contributed by atoms with Crippen molar-refractivity contribution in [2.75, 3.05) is 13.1 Å². The lowest BCUT2D eigenvalue weighted by Gasteiger charge is -2.37. The summed E-state index contributed by atoms with van der Waals surface area (Å²) in [5.41, 5.74) is 5.24. The van der Waals surface area contributed by atoms with Crippen molar-refractivity contribution in [1.29, 1.82) is 0 Å². The molecule has 0 aromatic heterocycles. The molecule has 2 amide bonds. The highest BCUT2D eigenvalue weighted by atomic mass is 16.6. The van der Waals surface area contributed by atoms with Gasteiger partial charge in [-0.05, 0) is 19.3 Å². The van der Waals surface area contributed by atoms with Crippen molar-refractivity contribution < 1.29 is 9.44 Å². The number of nitrogens with two attached hydrogens (primary N) is 1. The number of hydroxylamine groups is 3. The molecule has 0 aliphatic carbocycles. The van der Waals surface area contributed by atoms with Gasteiger partial charge in [-0.1, -0.05) is 104 Å². The van der Waals surface area contributed by atoms with Gasteiger partial charge in [0.2, 0.25) is 0 Å². The number of rotatable bonds is 19. The van der Waals surface area contributed by atoms with E-state index in [2.05, 4.69) is 6.92 Å². The molecule has 0 saturated carbocycles. The number of hydrogen-bond donors (Lipinski definition) is 1. The Morgan fingerprint density at radius 3 is 1.27 bits per heavy atom. The first-order valence-electron chi connectivity index (χ1n) is 11.4. The summed E-state index contributed by atoms with van der Waals surface area (Å²) in [4.78, 5) is 11.3. The summed E-state index contributed by atoms with van der Waals surface area (Å²) in [5, 5.41) is 12.2. The molecule has 0 bridgehead atoms. The number of nitrogens with zero attached hydrogens (tertiary/aromatic N) is 1. The molecule has 0 spiro atoms. The van der Waals surface area contributed by atoms with Crippen LogP contribution in [0.15, 0.2) is 0 Å². The fourth-order valence-corrected chi connectivity index (χ4v) is 3.61. The standard InChI is InChI=1S/C22H46N2O2/c1-3-5-6-7-8-9-10-11-12-13-14-15-16-17-18-19-21-24(26,20-4-2)22(23)25/h3-21H2,1-2H3,(H2,23,25). The molecule has 0 rings (SSSR count). The third-order valence-corrected chi connectivity index (χ3v) is 5.36. The normalized spacial score (nSPS) is 13.7. The summed E-state index contributed by atoms with van der Waals surface area (Å²) in [5.74, 6) is 0. The minimum Gasteiger partial charge on any atom is -0.624 e.